The Hall–Kier alpha value is -4.92. The summed E-state index contributed by atoms with van der Waals surface area (Å²) in [7, 11) is 1.57. The Balaban J connectivity index is 1.71. The van der Waals surface area contributed by atoms with Gasteiger partial charge < -0.3 is 25.7 Å². The fraction of sp³-hybridized carbons (Fsp3) is 0.400. The molecule has 4 aromatic rings. The zero-order chi connectivity index (χ0) is 35.1. The quantitative estimate of drug-likeness (QED) is 0.174. The molecule has 0 radical (unpaired) electrons. The summed E-state index contributed by atoms with van der Waals surface area (Å²) in [4.78, 5) is 53.4. The molecule has 9 heteroatoms. The maximum atomic E-state index is 13.5. The van der Waals surface area contributed by atoms with Gasteiger partial charge in [0.25, 0.3) is 11.8 Å². The molecule has 4 amide bonds. The molecule has 258 valence electrons. The highest BCUT2D eigenvalue weighted by Crippen LogP contribution is 2.41. The van der Waals surface area contributed by atoms with Crippen molar-refractivity contribution in [2.45, 2.75) is 97.4 Å². The minimum Gasteiger partial charge on any atom is -0.455 e. The first-order valence-electron chi connectivity index (χ1n) is 17.4. The summed E-state index contributed by atoms with van der Waals surface area (Å²) in [5.74, 6) is -0.464. The highest BCUT2D eigenvalue weighted by molar-refractivity contribution is 6.14. The van der Waals surface area contributed by atoms with E-state index >= 15 is 0 Å². The van der Waals surface area contributed by atoms with E-state index in [1.807, 2.05) is 58.0 Å². The number of carbonyl (C=O) groups is 4. The average Bonchev–Trinajstić information content (AvgIpc) is 3.42. The lowest BCUT2D eigenvalue weighted by Crippen LogP contribution is -2.40. The Kier molecular flexibility index (Phi) is 11.2. The number of carbonyl (C=O) groups excluding carboxylic acids is 4. The van der Waals surface area contributed by atoms with Crippen LogP contribution in [0.2, 0.25) is 0 Å². The second kappa shape index (κ2) is 15.5. The van der Waals surface area contributed by atoms with Gasteiger partial charge in [-0.25, -0.2) is 0 Å². The van der Waals surface area contributed by atoms with Crippen molar-refractivity contribution in [3.8, 4) is 22.5 Å². The molecule has 2 bridgehead atoms. The molecule has 3 aromatic carbocycles. The Morgan fingerprint density at radius 2 is 1.35 bits per heavy atom. The summed E-state index contributed by atoms with van der Waals surface area (Å²) in [6.45, 7) is 7.70. The third-order valence-corrected chi connectivity index (χ3v) is 8.71. The second-order valence-corrected chi connectivity index (χ2v) is 14.1. The van der Waals surface area contributed by atoms with Gasteiger partial charge in [-0.15, -0.1) is 0 Å². The molecule has 5 rings (SSSR count). The highest BCUT2D eigenvalue weighted by atomic mass is 16.3. The van der Waals surface area contributed by atoms with Crippen LogP contribution >= 0.6 is 0 Å². The maximum Gasteiger partial charge on any atom is 0.255 e. The fourth-order valence-corrected chi connectivity index (χ4v) is 6.21. The summed E-state index contributed by atoms with van der Waals surface area (Å²) in [6, 6.07) is 16.5. The smallest absolute Gasteiger partial charge is 0.255 e. The Labute approximate surface area is 288 Å². The topological polar surface area (TPSA) is 130 Å². The SMILES string of the molecule is CNC(=O)c1c(-c2ccc(C)cc2)oc2cc3c(cc12)-c1cc(cc(C(=O)NC(C)(C)C)c1)NC(=O)CCCCCCCCCCC(=O)N3. The first kappa shape index (κ1) is 35.4. The van der Waals surface area contributed by atoms with E-state index in [0.717, 1.165) is 62.5 Å². The molecule has 2 heterocycles. The Morgan fingerprint density at radius 1 is 0.735 bits per heavy atom. The molecule has 1 aliphatic heterocycles. The van der Waals surface area contributed by atoms with Gasteiger partial charge in [-0.1, -0.05) is 68.4 Å². The number of benzene rings is 3. The van der Waals surface area contributed by atoms with E-state index in [0.29, 0.717) is 63.2 Å². The van der Waals surface area contributed by atoms with Crippen LogP contribution < -0.4 is 21.3 Å². The third-order valence-electron chi connectivity index (χ3n) is 8.71. The molecule has 0 unspecified atom stereocenters. The molecule has 0 saturated carbocycles. The number of nitrogens with one attached hydrogen (secondary N) is 4. The zero-order valence-corrected chi connectivity index (χ0v) is 29.3. The third kappa shape index (κ3) is 9.16. The number of hydrogen-bond donors (Lipinski definition) is 4. The number of hydrogen-bond acceptors (Lipinski definition) is 5. The van der Waals surface area contributed by atoms with Crippen LogP contribution in [-0.4, -0.2) is 36.2 Å². The van der Waals surface area contributed by atoms with Gasteiger partial charge in [-0.3, -0.25) is 19.2 Å². The van der Waals surface area contributed by atoms with Crippen molar-refractivity contribution in [2.75, 3.05) is 17.7 Å². The van der Waals surface area contributed by atoms with E-state index in [2.05, 4.69) is 21.3 Å². The predicted molar refractivity (Wildman–Crippen MR) is 196 cm³/mol. The average molecular weight is 665 g/mol. The molecular formula is C40H48N4O5. The minimum absolute atomic E-state index is 0.124. The number of aryl methyl sites for hydroxylation is 1. The van der Waals surface area contributed by atoms with Crippen molar-refractivity contribution in [1.29, 1.82) is 0 Å². The second-order valence-electron chi connectivity index (χ2n) is 14.1. The predicted octanol–water partition coefficient (Wildman–Crippen LogP) is 8.75. The zero-order valence-electron chi connectivity index (χ0n) is 29.3. The van der Waals surface area contributed by atoms with Gasteiger partial charge in [0.05, 0.1) is 11.3 Å². The van der Waals surface area contributed by atoms with Gasteiger partial charge >= 0.3 is 0 Å². The molecular weight excluding hydrogens is 616 g/mol. The lowest BCUT2D eigenvalue weighted by molar-refractivity contribution is -0.117. The van der Waals surface area contributed by atoms with E-state index in [1.54, 1.807) is 31.3 Å². The summed E-state index contributed by atoms with van der Waals surface area (Å²) in [6.07, 6.45) is 8.59. The molecule has 0 saturated heterocycles. The van der Waals surface area contributed by atoms with Crippen molar-refractivity contribution in [3.05, 3.63) is 71.3 Å². The van der Waals surface area contributed by atoms with Crippen LogP contribution in [0.4, 0.5) is 11.4 Å². The molecule has 0 atom stereocenters. The van der Waals surface area contributed by atoms with Gasteiger partial charge in [0.15, 0.2) is 0 Å². The van der Waals surface area contributed by atoms with Crippen LogP contribution in [0.5, 0.6) is 0 Å². The van der Waals surface area contributed by atoms with Gasteiger partial charge in [0.2, 0.25) is 11.8 Å². The van der Waals surface area contributed by atoms with Gasteiger partial charge in [0, 0.05) is 59.3 Å². The molecule has 0 aliphatic carbocycles. The van der Waals surface area contributed by atoms with Crippen LogP contribution in [0.3, 0.4) is 0 Å². The first-order valence-corrected chi connectivity index (χ1v) is 17.4. The van der Waals surface area contributed by atoms with E-state index in [1.165, 1.54) is 0 Å². The summed E-state index contributed by atoms with van der Waals surface area (Å²) in [5, 5.41) is 12.4. The number of anilines is 2. The van der Waals surface area contributed by atoms with Crippen LogP contribution in [0.15, 0.2) is 59.0 Å². The standard InChI is InChI=1S/C40H48N4O5/c1-25-16-18-26(19-17-25)37-36(39(48)41-5)31-23-30-27-20-28(38(47)44-40(2,3)4)22-29(21-27)42-34(45)14-12-10-8-6-7-9-11-13-15-35(46)43-32(30)24-33(31)49-37/h16-24H,6-15H2,1-5H3,(H,41,48)(H,42,45)(H,43,46)(H,44,47). The molecule has 1 aliphatic rings. The van der Waals surface area contributed by atoms with Gasteiger partial charge in [-0.2, -0.15) is 0 Å². The largest absolute Gasteiger partial charge is 0.455 e. The lowest BCUT2D eigenvalue weighted by Gasteiger charge is -2.21. The maximum absolute atomic E-state index is 13.5. The van der Waals surface area contributed by atoms with Crippen molar-refractivity contribution in [1.82, 2.24) is 10.6 Å². The van der Waals surface area contributed by atoms with E-state index in [9.17, 15) is 19.2 Å². The van der Waals surface area contributed by atoms with E-state index < -0.39 is 5.54 Å². The molecule has 1 aromatic heterocycles. The molecule has 9 nitrogen and oxygen atoms in total. The fourth-order valence-electron chi connectivity index (χ4n) is 6.21. The Morgan fingerprint density at radius 3 is 1.96 bits per heavy atom. The summed E-state index contributed by atoms with van der Waals surface area (Å²) < 4.78 is 6.38. The number of furan rings is 1. The molecule has 49 heavy (non-hydrogen) atoms. The Bertz CT molecular complexity index is 1850. The van der Waals surface area contributed by atoms with Crippen molar-refractivity contribution in [2.24, 2.45) is 0 Å². The van der Waals surface area contributed by atoms with Crippen LogP contribution in [0.25, 0.3) is 33.4 Å². The van der Waals surface area contributed by atoms with Gasteiger partial charge in [0.1, 0.15) is 11.3 Å². The van der Waals surface area contributed by atoms with Crippen LogP contribution in [0.1, 0.15) is 111 Å². The minimum atomic E-state index is -0.496. The van der Waals surface area contributed by atoms with Crippen molar-refractivity contribution in [3.63, 3.8) is 0 Å². The van der Waals surface area contributed by atoms with Crippen LogP contribution in [0, 0.1) is 6.92 Å². The molecule has 4 N–H and O–H groups in total. The van der Waals surface area contributed by atoms with Crippen LogP contribution in [-0.2, 0) is 9.59 Å². The lowest BCUT2D eigenvalue weighted by atomic mass is 9.96. The van der Waals surface area contributed by atoms with Crippen molar-refractivity contribution >= 4 is 46.0 Å². The number of amides is 4. The number of fused-ring (bicyclic) bond motifs is 5. The summed E-state index contributed by atoms with van der Waals surface area (Å²) in [5.41, 5.74) is 4.59. The first-order chi connectivity index (χ1) is 23.4. The van der Waals surface area contributed by atoms with E-state index in [-0.39, 0.29) is 23.6 Å². The van der Waals surface area contributed by atoms with Gasteiger partial charge in [-0.05, 0) is 70.4 Å². The summed E-state index contributed by atoms with van der Waals surface area (Å²) >= 11 is 0. The molecule has 0 spiro atoms. The van der Waals surface area contributed by atoms with E-state index in [4.69, 9.17) is 4.42 Å². The monoisotopic (exact) mass is 664 g/mol. The normalized spacial score (nSPS) is 15.2. The highest BCUT2D eigenvalue weighted by Gasteiger charge is 2.25. The van der Waals surface area contributed by atoms with Crippen molar-refractivity contribution < 1.29 is 23.6 Å². The molecule has 0 fully saturated rings. The number of rotatable bonds is 3.